The summed E-state index contributed by atoms with van der Waals surface area (Å²) >= 11 is 0. The van der Waals surface area contributed by atoms with Gasteiger partial charge in [-0.15, -0.1) is 0 Å². The van der Waals surface area contributed by atoms with E-state index in [0.717, 1.165) is 32.1 Å². The molecule has 0 aromatic heterocycles. The van der Waals surface area contributed by atoms with Gasteiger partial charge in [-0.25, -0.2) is 0 Å². The molecule has 4 N–H and O–H groups in total. The molecule has 2 saturated heterocycles. The van der Waals surface area contributed by atoms with Gasteiger partial charge in [-0.1, -0.05) is 36.4 Å². The first-order valence-corrected chi connectivity index (χ1v) is 13.0. The first-order valence-electron chi connectivity index (χ1n) is 13.0. The second-order valence-corrected chi connectivity index (χ2v) is 10.6. The maximum Gasteiger partial charge on any atom is 0.243 e. The van der Waals surface area contributed by atoms with Crippen molar-refractivity contribution in [3.05, 3.63) is 47.5 Å². The minimum absolute atomic E-state index is 0.0480. The molecule has 1 aromatic rings. The molecule has 2 aliphatic heterocycles. The van der Waals surface area contributed by atoms with Crippen LogP contribution < -0.4 is 16.0 Å². The van der Waals surface area contributed by atoms with Gasteiger partial charge in [0.25, 0.3) is 0 Å². The van der Waals surface area contributed by atoms with Gasteiger partial charge < -0.3 is 25.4 Å². The lowest BCUT2D eigenvalue weighted by Crippen LogP contribution is -2.59. The number of carbonyl (C=O) groups is 2. The number of carbonyl (C=O) groups excluding carboxylic acids is 2. The van der Waals surface area contributed by atoms with Crippen molar-refractivity contribution in [2.75, 3.05) is 13.7 Å². The molecule has 0 bridgehead atoms. The molecule has 4 aliphatic rings. The normalized spacial score (nSPS) is 31.1. The monoisotopic (exact) mass is 482 g/mol. The highest BCUT2D eigenvalue weighted by atomic mass is 16.5. The Morgan fingerprint density at radius 3 is 2.74 bits per heavy atom. The van der Waals surface area contributed by atoms with E-state index >= 15 is 0 Å². The number of aryl methyl sites for hydroxylation is 1. The summed E-state index contributed by atoms with van der Waals surface area (Å²) in [4.78, 5) is 29.6. The molecule has 2 heterocycles. The van der Waals surface area contributed by atoms with Crippen molar-refractivity contribution in [1.82, 2.24) is 20.9 Å². The predicted molar refractivity (Wildman–Crippen MR) is 132 cm³/mol. The van der Waals surface area contributed by atoms with Crippen LogP contribution >= 0.6 is 0 Å². The molecule has 2 unspecified atom stereocenters. The van der Waals surface area contributed by atoms with Crippen LogP contribution in [0.4, 0.5) is 0 Å². The summed E-state index contributed by atoms with van der Waals surface area (Å²) in [7, 11) is 1.77. The second-order valence-electron chi connectivity index (χ2n) is 10.6. The van der Waals surface area contributed by atoms with Crippen molar-refractivity contribution in [1.29, 1.82) is 0 Å². The highest BCUT2D eigenvalue weighted by molar-refractivity contribution is 5.92. The third-order valence-corrected chi connectivity index (χ3v) is 8.47. The zero-order chi connectivity index (χ0) is 24.6. The van der Waals surface area contributed by atoms with Crippen LogP contribution in [-0.4, -0.2) is 66.1 Å². The Bertz CT molecular complexity index is 974. The third kappa shape index (κ3) is 4.53. The van der Waals surface area contributed by atoms with Crippen molar-refractivity contribution in [3.8, 4) is 0 Å². The molecule has 5 rings (SSSR count). The molecule has 2 fully saturated rings. The maximum atomic E-state index is 14.0. The van der Waals surface area contributed by atoms with E-state index in [1.807, 2.05) is 19.1 Å². The topological polar surface area (TPSA) is 103 Å². The minimum atomic E-state index is -0.888. The number of allylic oxidation sites excluding steroid dienone is 2. The van der Waals surface area contributed by atoms with Gasteiger partial charge in [0.2, 0.25) is 11.8 Å². The summed E-state index contributed by atoms with van der Waals surface area (Å²) in [5.74, 6) is -0.262. The zero-order valence-electron chi connectivity index (χ0n) is 20.7. The second kappa shape index (κ2) is 10.0. The summed E-state index contributed by atoms with van der Waals surface area (Å²) < 4.78 is 6.17. The van der Waals surface area contributed by atoms with E-state index in [1.54, 1.807) is 11.9 Å². The Labute approximate surface area is 207 Å². The average Bonchev–Trinajstić information content (AvgIpc) is 3.43. The number of amides is 2. The minimum Gasteiger partial charge on any atom is -0.377 e. The average molecular weight is 483 g/mol. The van der Waals surface area contributed by atoms with Crippen LogP contribution in [0.2, 0.25) is 0 Å². The van der Waals surface area contributed by atoms with Crippen LogP contribution in [0.15, 0.2) is 36.4 Å². The highest BCUT2D eigenvalue weighted by Gasteiger charge is 2.59. The van der Waals surface area contributed by atoms with E-state index in [1.165, 1.54) is 11.1 Å². The molecule has 0 radical (unpaired) electrons. The number of likely N-dealkylation sites (N-methyl/N-ethyl adjacent to an activating group) is 1. The summed E-state index contributed by atoms with van der Waals surface area (Å²) in [6, 6.07) is 6.83. The lowest BCUT2D eigenvalue weighted by molar-refractivity contribution is -0.150. The van der Waals surface area contributed by atoms with Crippen LogP contribution in [0, 0.1) is 5.41 Å². The molecule has 0 saturated carbocycles. The number of aliphatic hydroxyl groups excluding tert-OH is 1. The number of hydrogen-bond donors (Lipinski definition) is 4. The first kappa shape index (κ1) is 24.4. The summed E-state index contributed by atoms with van der Waals surface area (Å²) in [6.07, 6.45) is 8.50. The zero-order valence-corrected chi connectivity index (χ0v) is 20.7. The van der Waals surface area contributed by atoms with E-state index in [-0.39, 0.29) is 29.3 Å². The SMILES string of the molecule is CN[C@@H](C)C(O)N[C@H]1CCO[C@H]2CC3(CC=CC3)C(C(=O)N[C@@H]3CCCc4ccccc43)N2C1=O. The van der Waals surface area contributed by atoms with Crippen LogP contribution in [-0.2, 0) is 20.7 Å². The van der Waals surface area contributed by atoms with Gasteiger partial charge in [-0.05, 0) is 63.6 Å². The van der Waals surface area contributed by atoms with Crippen molar-refractivity contribution in [3.63, 3.8) is 0 Å². The quantitative estimate of drug-likeness (QED) is 0.364. The van der Waals surface area contributed by atoms with E-state index in [4.69, 9.17) is 4.74 Å². The standard InChI is InChI=1S/C27H38N4O4/c1-17(28-2)24(32)30-21-12-15-35-22-16-27(13-5-6-14-27)23(31(22)26(21)34)25(33)29-20-11-7-9-18-8-3-4-10-19(18)20/h3-6,8,10,17,20-24,28,30,32H,7,9,11-16H2,1-2H3,(H,29,33)/t17-,20+,21-,22-,23?,24?/m0/s1. The summed E-state index contributed by atoms with van der Waals surface area (Å²) in [6.45, 7) is 2.25. The molecule has 35 heavy (non-hydrogen) atoms. The molecule has 6 atom stereocenters. The maximum absolute atomic E-state index is 14.0. The van der Waals surface area contributed by atoms with Gasteiger partial charge in [0.15, 0.2) is 0 Å². The Balaban J connectivity index is 1.41. The molecular weight excluding hydrogens is 444 g/mol. The number of fused-ring (bicyclic) bond motifs is 2. The molecular formula is C27H38N4O4. The fourth-order valence-corrected chi connectivity index (χ4v) is 6.38. The molecule has 2 aliphatic carbocycles. The Morgan fingerprint density at radius 2 is 1.97 bits per heavy atom. The molecule has 2 amide bonds. The summed E-state index contributed by atoms with van der Waals surface area (Å²) in [5.41, 5.74) is 2.12. The molecule has 8 heteroatoms. The number of aliphatic hydroxyl groups is 1. The fourth-order valence-electron chi connectivity index (χ4n) is 6.38. The first-order chi connectivity index (χ1) is 16.9. The lowest BCUT2D eigenvalue weighted by atomic mass is 9.77. The number of rotatable bonds is 6. The number of benzene rings is 1. The smallest absolute Gasteiger partial charge is 0.243 e. The fraction of sp³-hybridized carbons (Fsp3) is 0.630. The number of ether oxygens (including phenoxy) is 1. The Morgan fingerprint density at radius 1 is 1.20 bits per heavy atom. The van der Waals surface area contributed by atoms with Crippen LogP contribution in [0.1, 0.15) is 62.6 Å². The Kier molecular flexibility index (Phi) is 6.99. The molecule has 1 aromatic carbocycles. The van der Waals surface area contributed by atoms with Crippen molar-refractivity contribution in [2.45, 2.75) is 88.5 Å². The van der Waals surface area contributed by atoms with Gasteiger partial charge >= 0.3 is 0 Å². The van der Waals surface area contributed by atoms with Gasteiger partial charge in [-0.3, -0.25) is 14.9 Å². The van der Waals surface area contributed by atoms with E-state index in [9.17, 15) is 14.7 Å². The predicted octanol–water partition coefficient (Wildman–Crippen LogP) is 1.75. The highest BCUT2D eigenvalue weighted by Crippen LogP contribution is 2.51. The van der Waals surface area contributed by atoms with Crippen molar-refractivity contribution < 1.29 is 19.4 Å². The third-order valence-electron chi connectivity index (χ3n) is 8.47. The molecule has 8 nitrogen and oxygen atoms in total. The molecule has 1 spiro atoms. The van der Waals surface area contributed by atoms with Gasteiger partial charge in [-0.2, -0.15) is 0 Å². The summed E-state index contributed by atoms with van der Waals surface area (Å²) in [5, 5.41) is 20.0. The number of hydrogen-bond acceptors (Lipinski definition) is 6. The van der Waals surface area contributed by atoms with Crippen LogP contribution in [0.25, 0.3) is 0 Å². The van der Waals surface area contributed by atoms with Crippen molar-refractivity contribution >= 4 is 11.8 Å². The van der Waals surface area contributed by atoms with E-state index in [0.29, 0.717) is 19.4 Å². The van der Waals surface area contributed by atoms with Gasteiger partial charge in [0.05, 0.1) is 18.7 Å². The van der Waals surface area contributed by atoms with E-state index < -0.39 is 24.5 Å². The van der Waals surface area contributed by atoms with E-state index in [2.05, 4.69) is 40.2 Å². The number of nitrogens with one attached hydrogen (secondary N) is 3. The largest absolute Gasteiger partial charge is 0.377 e. The number of nitrogens with zero attached hydrogens (tertiary/aromatic N) is 1. The van der Waals surface area contributed by atoms with Crippen LogP contribution in [0.5, 0.6) is 0 Å². The molecule has 190 valence electrons. The van der Waals surface area contributed by atoms with Gasteiger partial charge in [0, 0.05) is 17.9 Å². The van der Waals surface area contributed by atoms with Crippen molar-refractivity contribution in [2.24, 2.45) is 5.41 Å². The lowest BCUT2D eigenvalue weighted by Gasteiger charge is -2.37. The van der Waals surface area contributed by atoms with Gasteiger partial charge in [0.1, 0.15) is 18.5 Å². The Hall–Kier alpha value is -2.26. The van der Waals surface area contributed by atoms with Crippen LogP contribution in [0.3, 0.4) is 0 Å².